The zero-order valence-corrected chi connectivity index (χ0v) is 22.8. The minimum absolute atomic E-state index is 0.162. The van der Waals surface area contributed by atoms with Crippen LogP contribution >= 0.6 is 0 Å². The fraction of sp³-hybridized carbons (Fsp3) is 0.640. The largest absolute Gasteiger partial charge is 0.455 e. The Morgan fingerprint density at radius 2 is 1.65 bits per heavy atom. The molecule has 9 heteroatoms. The van der Waals surface area contributed by atoms with Crippen molar-refractivity contribution in [1.29, 1.82) is 0 Å². The third-order valence-corrected chi connectivity index (χ3v) is 11.1. The molecular formula is C25H39NO7Si. The maximum atomic E-state index is 13.3. The first-order valence-corrected chi connectivity index (χ1v) is 14.5. The molecule has 1 aromatic carbocycles. The zero-order valence-electron chi connectivity index (χ0n) is 21.8. The summed E-state index contributed by atoms with van der Waals surface area (Å²) in [6.45, 7) is 16.1. The summed E-state index contributed by atoms with van der Waals surface area (Å²) < 4.78 is 17.7. The van der Waals surface area contributed by atoms with Crippen molar-refractivity contribution in [1.82, 2.24) is 4.90 Å². The van der Waals surface area contributed by atoms with E-state index in [0.717, 1.165) is 4.90 Å². The van der Waals surface area contributed by atoms with Gasteiger partial charge in [0.1, 0.15) is 17.2 Å². The molecule has 0 aliphatic carbocycles. The number of likely N-dealkylation sites (tertiary alicyclic amines) is 1. The molecule has 2 amide bonds. The lowest BCUT2D eigenvalue weighted by molar-refractivity contribution is -0.134. The highest BCUT2D eigenvalue weighted by Crippen LogP contribution is 2.42. The first-order chi connectivity index (χ1) is 15.5. The van der Waals surface area contributed by atoms with Gasteiger partial charge in [-0.25, -0.2) is 14.5 Å². The van der Waals surface area contributed by atoms with Gasteiger partial charge in [0.05, 0.1) is 24.7 Å². The predicted octanol–water partition coefficient (Wildman–Crippen LogP) is 4.38. The van der Waals surface area contributed by atoms with Crippen molar-refractivity contribution in [2.24, 2.45) is 5.92 Å². The van der Waals surface area contributed by atoms with E-state index in [-0.39, 0.29) is 11.6 Å². The number of ether oxygens (including phenoxy) is 2. The lowest BCUT2D eigenvalue weighted by atomic mass is 9.90. The van der Waals surface area contributed by atoms with Gasteiger partial charge in [0.25, 0.3) is 0 Å². The molecule has 3 atom stereocenters. The summed E-state index contributed by atoms with van der Waals surface area (Å²) in [5, 5.41) is 10.5. The van der Waals surface area contributed by atoms with Gasteiger partial charge in [-0.2, -0.15) is 0 Å². The smallest absolute Gasteiger partial charge is 0.417 e. The average molecular weight is 494 g/mol. The quantitative estimate of drug-likeness (QED) is 0.463. The van der Waals surface area contributed by atoms with E-state index >= 15 is 0 Å². The fourth-order valence-electron chi connectivity index (χ4n) is 3.57. The summed E-state index contributed by atoms with van der Waals surface area (Å²) in [5.41, 5.74) is -2.20. The molecule has 1 fully saturated rings. The van der Waals surface area contributed by atoms with E-state index in [1.54, 1.807) is 58.0 Å². The van der Waals surface area contributed by atoms with Crippen molar-refractivity contribution >= 4 is 26.3 Å². The molecule has 1 heterocycles. The van der Waals surface area contributed by atoms with Crippen LogP contribution in [0.3, 0.4) is 0 Å². The molecule has 190 valence electrons. The van der Waals surface area contributed by atoms with Crippen LogP contribution in [0.15, 0.2) is 30.3 Å². The third kappa shape index (κ3) is 5.70. The summed E-state index contributed by atoms with van der Waals surface area (Å²) in [4.78, 5) is 40.4. The number of aliphatic hydroxyl groups excluding tert-OH is 1. The average Bonchev–Trinajstić information content (AvgIpc) is 2.92. The Labute approximate surface area is 203 Å². The number of esters is 1. The van der Waals surface area contributed by atoms with E-state index in [0.29, 0.717) is 5.56 Å². The minimum Gasteiger partial charge on any atom is -0.455 e. The second kappa shape index (κ2) is 9.79. The van der Waals surface area contributed by atoms with Crippen molar-refractivity contribution in [2.75, 3.05) is 13.2 Å². The summed E-state index contributed by atoms with van der Waals surface area (Å²) in [6.07, 6.45) is -2.04. The molecule has 1 aromatic rings. The first kappa shape index (κ1) is 28.0. The molecule has 0 saturated carbocycles. The van der Waals surface area contributed by atoms with Gasteiger partial charge >= 0.3 is 12.1 Å². The number of carbonyl (C=O) groups is 3. The topological polar surface area (TPSA) is 102 Å². The van der Waals surface area contributed by atoms with Gasteiger partial charge in [-0.1, -0.05) is 39.0 Å². The molecule has 1 saturated heterocycles. The molecule has 0 spiro atoms. The molecule has 2 rings (SSSR count). The minimum atomic E-state index is -2.37. The second-order valence-electron chi connectivity index (χ2n) is 11.4. The molecule has 8 nitrogen and oxygen atoms in total. The first-order valence-electron chi connectivity index (χ1n) is 11.5. The van der Waals surface area contributed by atoms with Crippen molar-refractivity contribution < 1.29 is 33.4 Å². The van der Waals surface area contributed by atoms with Crippen molar-refractivity contribution in [3.05, 3.63) is 35.9 Å². The van der Waals surface area contributed by atoms with Gasteiger partial charge in [-0.05, 0) is 58.0 Å². The molecule has 0 bridgehead atoms. The highest BCUT2D eigenvalue weighted by molar-refractivity contribution is 6.74. The van der Waals surface area contributed by atoms with Crippen LogP contribution in [0.5, 0.6) is 0 Å². The SMILES string of the molecule is C[C@H]1C(=O)N(C(=O)OC(C)(C)C)[C@@](CO)(CO[Si](C)(C)C(C)(C)C)[C@@H]1OC(=O)c1ccccc1. The number of nitrogens with zero attached hydrogens (tertiary/aromatic N) is 1. The summed E-state index contributed by atoms with van der Waals surface area (Å²) in [5.74, 6) is -2.13. The molecule has 1 aliphatic heterocycles. The van der Waals surface area contributed by atoms with E-state index in [1.165, 1.54) is 0 Å². The van der Waals surface area contributed by atoms with Crippen LogP contribution in [0.4, 0.5) is 4.79 Å². The Balaban J connectivity index is 2.53. The molecule has 1 N–H and O–H groups in total. The number of aliphatic hydroxyl groups is 1. The normalized spacial score (nSPS) is 23.7. The van der Waals surface area contributed by atoms with E-state index in [1.807, 2.05) is 13.1 Å². The molecule has 0 radical (unpaired) electrons. The Morgan fingerprint density at radius 3 is 2.12 bits per heavy atom. The lowest BCUT2D eigenvalue weighted by Gasteiger charge is -2.43. The van der Waals surface area contributed by atoms with E-state index in [9.17, 15) is 19.5 Å². The maximum Gasteiger partial charge on any atom is 0.417 e. The zero-order chi connectivity index (χ0) is 26.1. The highest BCUT2D eigenvalue weighted by Gasteiger charge is 2.63. The van der Waals surface area contributed by atoms with Gasteiger partial charge in [0.2, 0.25) is 5.91 Å². The Morgan fingerprint density at radius 1 is 1.09 bits per heavy atom. The molecular weight excluding hydrogens is 454 g/mol. The third-order valence-electron chi connectivity index (χ3n) is 6.62. The van der Waals surface area contributed by atoms with Crippen LogP contribution < -0.4 is 0 Å². The van der Waals surface area contributed by atoms with Gasteiger partial charge in [-0.15, -0.1) is 0 Å². The second-order valence-corrected chi connectivity index (χ2v) is 16.3. The number of benzene rings is 1. The summed E-state index contributed by atoms with van der Waals surface area (Å²) in [6, 6.07) is 8.37. The Kier molecular flexibility index (Phi) is 8.07. The van der Waals surface area contributed by atoms with Crippen molar-refractivity contribution in [3.63, 3.8) is 0 Å². The fourth-order valence-corrected chi connectivity index (χ4v) is 4.61. The summed E-state index contributed by atoms with van der Waals surface area (Å²) in [7, 11) is -2.37. The van der Waals surface area contributed by atoms with Crippen molar-refractivity contribution in [2.45, 2.75) is 83.8 Å². The monoisotopic (exact) mass is 493 g/mol. The number of imide groups is 1. The number of rotatable bonds is 6. The van der Waals surface area contributed by atoms with E-state index in [2.05, 4.69) is 20.8 Å². The van der Waals surface area contributed by atoms with Crippen molar-refractivity contribution in [3.8, 4) is 0 Å². The van der Waals surface area contributed by atoms with Gasteiger partial charge in [-0.3, -0.25) is 4.79 Å². The lowest BCUT2D eigenvalue weighted by Crippen LogP contribution is -2.62. The number of carbonyl (C=O) groups excluding carboxylic acids is 3. The molecule has 1 aliphatic rings. The molecule has 34 heavy (non-hydrogen) atoms. The molecule has 0 unspecified atom stereocenters. The molecule has 0 aromatic heterocycles. The number of amides is 2. The van der Waals surface area contributed by atoms with Crippen LogP contribution in [0, 0.1) is 5.92 Å². The highest BCUT2D eigenvalue weighted by atomic mass is 28.4. The number of hydrogen-bond donors (Lipinski definition) is 1. The van der Waals surface area contributed by atoms with E-state index in [4.69, 9.17) is 13.9 Å². The van der Waals surface area contributed by atoms with Crippen LogP contribution in [0.2, 0.25) is 18.1 Å². The van der Waals surface area contributed by atoms with Crippen LogP contribution in [-0.4, -0.2) is 66.8 Å². The Hall–Kier alpha value is -2.23. The number of hydrogen-bond acceptors (Lipinski definition) is 7. The van der Waals surface area contributed by atoms with Crippen LogP contribution in [0.25, 0.3) is 0 Å². The predicted molar refractivity (Wildman–Crippen MR) is 131 cm³/mol. The standard InChI is InChI=1S/C25H39NO7Si/c1-17-19(32-21(29)18-13-11-10-12-14-18)25(15-27,16-31-34(8,9)24(5,6)7)26(20(17)28)22(30)33-23(2,3)4/h10-14,17,19,27H,15-16H2,1-9H3/t17-,19-,25+/m1/s1. The van der Waals surface area contributed by atoms with Gasteiger partial charge in [0.15, 0.2) is 8.32 Å². The van der Waals surface area contributed by atoms with Crippen LogP contribution in [-0.2, 0) is 18.7 Å². The Bertz CT molecular complexity index is 904. The van der Waals surface area contributed by atoms with E-state index < -0.39 is 56.1 Å². The van der Waals surface area contributed by atoms with Gasteiger partial charge in [0, 0.05) is 0 Å². The van der Waals surface area contributed by atoms with Crippen LogP contribution in [0.1, 0.15) is 58.8 Å². The maximum absolute atomic E-state index is 13.3. The van der Waals surface area contributed by atoms with Gasteiger partial charge < -0.3 is 19.0 Å². The summed E-state index contributed by atoms with van der Waals surface area (Å²) >= 11 is 0.